The Kier molecular flexibility index (Phi) is 4.65. The van der Waals surface area contributed by atoms with Gasteiger partial charge in [-0.15, -0.1) is 0 Å². The summed E-state index contributed by atoms with van der Waals surface area (Å²) in [6.45, 7) is 0.332. The zero-order valence-electron chi connectivity index (χ0n) is 12.6. The molecule has 2 aromatic carbocycles. The largest absolute Gasteiger partial charge is 0.505 e. The molecule has 0 aliphatic carbocycles. The number of aromatic hydroxyl groups is 1. The molecule has 1 heterocycles. The fraction of sp³-hybridized carbons (Fsp3) is 0.167. The molecule has 5 nitrogen and oxygen atoms in total. The van der Waals surface area contributed by atoms with Crippen LogP contribution in [0.25, 0.3) is 6.08 Å². The number of carbonyl (C=O) groups is 1. The second-order valence-corrected chi connectivity index (χ2v) is 5.17. The number of benzene rings is 2. The topological polar surface area (TPSA) is 65.0 Å². The number of phenolic OH excluding ortho intramolecular Hbond substituents is 1. The van der Waals surface area contributed by atoms with E-state index in [9.17, 15) is 9.18 Å². The monoisotopic (exact) mass is 330 g/mol. The Morgan fingerprint density at radius 2 is 2.08 bits per heavy atom. The summed E-state index contributed by atoms with van der Waals surface area (Å²) in [6.07, 6.45) is 2.20. The van der Waals surface area contributed by atoms with Crippen molar-refractivity contribution in [3.63, 3.8) is 0 Å². The first-order chi connectivity index (χ1) is 11.6. The van der Waals surface area contributed by atoms with Crippen LogP contribution in [0.5, 0.6) is 17.2 Å². The molecule has 6 heteroatoms. The lowest BCUT2D eigenvalue weighted by molar-refractivity contribution is -0.140. The summed E-state index contributed by atoms with van der Waals surface area (Å²) in [7, 11) is 0. The highest BCUT2D eigenvalue weighted by Crippen LogP contribution is 2.30. The van der Waals surface area contributed by atoms with Gasteiger partial charge in [0.15, 0.2) is 29.2 Å². The Morgan fingerprint density at radius 1 is 1.29 bits per heavy atom. The summed E-state index contributed by atoms with van der Waals surface area (Å²) < 4.78 is 29.5. The number of rotatable bonds is 4. The van der Waals surface area contributed by atoms with Crippen molar-refractivity contribution in [2.75, 3.05) is 13.2 Å². The van der Waals surface area contributed by atoms with Crippen molar-refractivity contribution >= 4 is 12.0 Å². The van der Waals surface area contributed by atoms with Crippen LogP contribution in [0.15, 0.2) is 48.5 Å². The summed E-state index contributed by atoms with van der Waals surface area (Å²) in [5.74, 6) is -0.499. The van der Waals surface area contributed by atoms with Crippen LogP contribution in [0, 0.1) is 5.82 Å². The van der Waals surface area contributed by atoms with E-state index >= 15 is 0 Å². The molecule has 1 aliphatic heterocycles. The zero-order chi connectivity index (χ0) is 16.9. The van der Waals surface area contributed by atoms with Gasteiger partial charge < -0.3 is 19.3 Å². The first-order valence-electron chi connectivity index (χ1n) is 7.33. The Morgan fingerprint density at radius 3 is 2.88 bits per heavy atom. The third-order valence-corrected chi connectivity index (χ3v) is 3.36. The highest BCUT2D eigenvalue weighted by atomic mass is 19.1. The summed E-state index contributed by atoms with van der Waals surface area (Å²) in [5.41, 5.74) is 0.438. The van der Waals surface area contributed by atoms with E-state index in [1.807, 2.05) is 12.1 Å². The van der Waals surface area contributed by atoms with Crippen LogP contribution in [0.2, 0.25) is 0 Å². The maximum atomic E-state index is 13.2. The summed E-state index contributed by atoms with van der Waals surface area (Å²) in [5, 5.41) is 9.10. The Labute approximate surface area is 137 Å². The van der Waals surface area contributed by atoms with Crippen molar-refractivity contribution in [3.8, 4) is 17.2 Å². The van der Waals surface area contributed by atoms with Gasteiger partial charge in [-0.05, 0) is 35.9 Å². The van der Waals surface area contributed by atoms with Crippen LogP contribution >= 0.6 is 0 Å². The maximum absolute atomic E-state index is 13.2. The van der Waals surface area contributed by atoms with Crippen LogP contribution in [0.3, 0.4) is 0 Å². The average Bonchev–Trinajstić information content (AvgIpc) is 2.60. The number of halogens is 1. The Balaban J connectivity index is 1.51. The number of ether oxygens (including phenoxy) is 3. The molecule has 24 heavy (non-hydrogen) atoms. The SMILES string of the molecule is O=C(/C=C/c1ccc(O)c(F)c1)OCC1COc2ccccc2O1. The van der Waals surface area contributed by atoms with E-state index in [1.165, 1.54) is 24.3 Å². The molecule has 0 saturated carbocycles. The predicted octanol–water partition coefficient (Wildman–Crippen LogP) is 2.93. The summed E-state index contributed by atoms with van der Waals surface area (Å²) in [6, 6.07) is 11.1. The number of para-hydroxylation sites is 2. The van der Waals surface area contributed by atoms with Gasteiger partial charge in [-0.1, -0.05) is 18.2 Å². The number of hydrogen-bond donors (Lipinski definition) is 1. The van der Waals surface area contributed by atoms with Crippen molar-refractivity contribution in [3.05, 3.63) is 59.9 Å². The van der Waals surface area contributed by atoms with E-state index in [4.69, 9.17) is 19.3 Å². The fourth-order valence-corrected chi connectivity index (χ4v) is 2.16. The van der Waals surface area contributed by atoms with Crippen molar-refractivity contribution in [2.45, 2.75) is 6.10 Å². The zero-order valence-corrected chi connectivity index (χ0v) is 12.6. The summed E-state index contributed by atoms with van der Waals surface area (Å²) >= 11 is 0. The minimum absolute atomic E-state index is 0.0431. The third kappa shape index (κ3) is 3.84. The van der Waals surface area contributed by atoms with E-state index < -0.39 is 17.5 Å². The highest BCUT2D eigenvalue weighted by Gasteiger charge is 2.21. The quantitative estimate of drug-likeness (QED) is 0.690. The van der Waals surface area contributed by atoms with E-state index in [-0.39, 0.29) is 19.3 Å². The van der Waals surface area contributed by atoms with E-state index in [0.29, 0.717) is 17.1 Å². The van der Waals surface area contributed by atoms with Crippen LogP contribution < -0.4 is 9.47 Å². The van der Waals surface area contributed by atoms with Crippen molar-refractivity contribution in [1.82, 2.24) is 0 Å². The Hall–Kier alpha value is -3.02. The minimum atomic E-state index is -0.753. The molecule has 0 aromatic heterocycles. The van der Waals surface area contributed by atoms with Gasteiger partial charge in [0, 0.05) is 6.08 Å². The average molecular weight is 330 g/mol. The lowest BCUT2D eigenvalue weighted by Crippen LogP contribution is -2.34. The van der Waals surface area contributed by atoms with Crippen LogP contribution in [0.1, 0.15) is 5.56 Å². The highest BCUT2D eigenvalue weighted by molar-refractivity contribution is 5.87. The number of fused-ring (bicyclic) bond motifs is 1. The van der Waals surface area contributed by atoms with Crippen molar-refractivity contribution in [2.24, 2.45) is 0 Å². The molecule has 3 rings (SSSR count). The predicted molar refractivity (Wildman–Crippen MR) is 84.4 cm³/mol. The first-order valence-corrected chi connectivity index (χ1v) is 7.33. The normalized spacial score (nSPS) is 16.1. The number of esters is 1. The first kappa shape index (κ1) is 15.9. The van der Waals surface area contributed by atoms with Gasteiger partial charge in [-0.25, -0.2) is 9.18 Å². The maximum Gasteiger partial charge on any atom is 0.330 e. The molecular weight excluding hydrogens is 315 g/mol. The molecule has 0 radical (unpaired) electrons. The van der Waals surface area contributed by atoms with E-state index in [1.54, 1.807) is 12.1 Å². The smallest absolute Gasteiger partial charge is 0.330 e. The van der Waals surface area contributed by atoms with Gasteiger partial charge in [0.1, 0.15) is 13.2 Å². The molecule has 0 bridgehead atoms. The molecule has 0 spiro atoms. The molecule has 0 fully saturated rings. The molecule has 1 unspecified atom stereocenters. The van der Waals surface area contributed by atoms with Gasteiger partial charge in [-0.2, -0.15) is 0 Å². The summed E-state index contributed by atoms with van der Waals surface area (Å²) in [4.78, 5) is 11.7. The van der Waals surface area contributed by atoms with Crippen molar-refractivity contribution < 1.29 is 28.5 Å². The molecular formula is C18H15FO5. The van der Waals surface area contributed by atoms with E-state index in [0.717, 1.165) is 6.07 Å². The molecule has 124 valence electrons. The molecule has 2 aromatic rings. The van der Waals surface area contributed by atoms with Crippen LogP contribution in [-0.2, 0) is 9.53 Å². The van der Waals surface area contributed by atoms with Gasteiger partial charge in [-0.3, -0.25) is 0 Å². The van der Waals surface area contributed by atoms with Crippen molar-refractivity contribution in [1.29, 1.82) is 0 Å². The van der Waals surface area contributed by atoms with Gasteiger partial charge in [0.2, 0.25) is 0 Å². The van der Waals surface area contributed by atoms with E-state index in [2.05, 4.69) is 0 Å². The lowest BCUT2D eigenvalue weighted by Gasteiger charge is -2.25. The van der Waals surface area contributed by atoms with Gasteiger partial charge in [0.05, 0.1) is 0 Å². The third-order valence-electron chi connectivity index (χ3n) is 3.36. The standard InChI is InChI=1S/C18H15FO5/c19-14-9-12(5-7-15(14)20)6-8-18(21)23-11-13-10-22-16-3-1-2-4-17(16)24-13/h1-9,13,20H,10-11H2/b8-6+. The Bertz CT molecular complexity index is 772. The minimum Gasteiger partial charge on any atom is -0.505 e. The lowest BCUT2D eigenvalue weighted by atomic mass is 10.2. The molecule has 1 N–H and O–H groups in total. The van der Waals surface area contributed by atoms with Crippen LogP contribution in [-0.4, -0.2) is 30.4 Å². The fourth-order valence-electron chi connectivity index (χ4n) is 2.16. The second-order valence-electron chi connectivity index (χ2n) is 5.17. The van der Waals surface area contributed by atoms with Crippen LogP contribution in [0.4, 0.5) is 4.39 Å². The molecule has 0 amide bonds. The second kappa shape index (κ2) is 7.04. The van der Waals surface area contributed by atoms with Gasteiger partial charge >= 0.3 is 5.97 Å². The molecule has 1 atom stereocenters. The number of phenols is 1. The number of hydrogen-bond acceptors (Lipinski definition) is 5. The number of carbonyl (C=O) groups excluding carboxylic acids is 1. The van der Waals surface area contributed by atoms with Gasteiger partial charge in [0.25, 0.3) is 0 Å². The molecule has 0 saturated heterocycles. The molecule has 1 aliphatic rings.